The lowest BCUT2D eigenvalue weighted by Gasteiger charge is -2.25. The van der Waals surface area contributed by atoms with Crippen molar-refractivity contribution in [3.8, 4) is 0 Å². The van der Waals surface area contributed by atoms with Crippen molar-refractivity contribution in [3.05, 3.63) is 75.1 Å². The highest BCUT2D eigenvalue weighted by Crippen LogP contribution is 2.43. The smallest absolute Gasteiger partial charge is 0.274 e. The van der Waals surface area contributed by atoms with E-state index in [1.165, 1.54) is 41.5 Å². The number of primary amides is 1. The molecule has 2 fully saturated rings. The van der Waals surface area contributed by atoms with Crippen LogP contribution in [0.3, 0.4) is 0 Å². The summed E-state index contributed by atoms with van der Waals surface area (Å²) >= 11 is 0. The molecule has 0 aromatic heterocycles. The number of carbonyl (C=O) groups is 3. The van der Waals surface area contributed by atoms with Crippen LogP contribution in [-0.4, -0.2) is 33.8 Å². The minimum atomic E-state index is -1.10. The number of carbonyl (C=O) groups excluding carboxylic acids is 3. The van der Waals surface area contributed by atoms with Crippen LogP contribution < -0.4 is 11.1 Å². The highest BCUT2D eigenvalue weighted by atomic mass is 19.1. The zero-order chi connectivity index (χ0) is 21.6. The lowest BCUT2D eigenvalue weighted by molar-refractivity contribution is -0.386. The van der Waals surface area contributed by atoms with E-state index < -0.39 is 46.5 Å². The van der Waals surface area contributed by atoms with Crippen molar-refractivity contribution in [2.24, 2.45) is 11.7 Å². The fourth-order valence-corrected chi connectivity index (χ4v) is 3.75. The second-order valence-corrected chi connectivity index (χ2v) is 6.94. The third-order valence-corrected chi connectivity index (χ3v) is 5.14. The normalized spacial score (nSPS) is 23.3. The van der Waals surface area contributed by atoms with Crippen molar-refractivity contribution in [1.82, 2.24) is 10.4 Å². The summed E-state index contributed by atoms with van der Waals surface area (Å²) < 4.78 is 13.4. The van der Waals surface area contributed by atoms with Crippen LogP contribution in [0.1, 0.15) is 27.5 Å². The number of imide groups is 1. The van der Waals surface area contributed by atoms with Crippen molar-refractivity contribution in [2.75, 3.05) is 0 Å². The van der Waals surface area contributed by atoms with Gasteiger partial charge >= 0.3 is 0 Å². The molecule has 2 heterocycles. The molecule has 30 heavy (non-hydrogen) atoms. The molecule has 0 saturated carbocycles. The number of benzene rings is 2. The highest BCUT2D eigenvalue weighted by Gasteiger charge is 2.56. The van der Waals surface area contributed by atoms with Crippen LogP contribution in [0.15, 0.2) is 42.5 Å². The maximum absolute atomic E-state index is 13.4. The number of nitrogens with two attached hydrogens (primary N) is 1. The molecule has 154 valence electrons. The van der Waals surface area contributed by atoms with Gasteiger partial charge < -0.3 is 5.73 Å². The molecule has 3 amide bonds. The Balaban J connectivity index is 1.73. The molecule has 10 nitrogen and oxygen atoms in total. The monoisotopic (exact) mass is 414 g/mol. The fraction of sp³-hybridized carbons (Fsp3) is 0.211. The second-order valence-electron chi connectivity index (χ2n) is 6.94. The van der Waals surface area contributed by atoms with Gasteiger partial charge in [0.25, 0.3) is 11.6 Å². The molecule has 2 aliphatic heterocycles. The largest absolute Gasteiger partial charge is 0.366 e. The van der Waals surface area contributed by atoms with E-state index in [0.717, 1.165) is 6.07 Å². The fourth-order valence-electron chi connectivity index (χ4n) is 3.75. The van der Waals surface area contributed by atoms with E-state index in [9.17, 15) is 28.9 Å². The minimum Gasteiger partial charge on any atom is -0.366 e. The van der Waals surface area contributed by atoms with Gasteiger partial charge in [0.2, 0.25) is 11.8 Å². The Hall–Kier alpha value is -3.70. The first-order chi connectivity index (χ1) is 14.3. The Morgan fingerprint density at radius 1 is 1.20 bits per heavy atom. The van der Waals surface area contributed by atoms with E-state index in [4.69, 9.17) is 10.6 Å². The summed E-state index contributed by atoms with van der Waals surface area (Å²) in [5.74, 6) is -3.35. The topological polar surface area (TPSA) is 145 Å². The molecule has 2 saturated heterocycles. The standard InChI is InChI=1S/C19H15FN4O6/c20-12-5-3-9(4-6-12)15-14-16(19(27)22-18(14)26)30-23(15)8-11-2-1-10(17(21)25)7-13(11)24(28)29/h1-7,14-16H,8H2,(H2,21,25)(H,22,26,27). The molecular formula is C19H15FN4O6. The first-order valence-corrected chi connectivity index (χ1v) is 8.87. The van der Waals surface area contributed by atoms with Crippen LogP contribution in [0.4, 0.5) is 10.1 Å². The van der Waals surface area contributed by atoms with Crippen LogP contribution in [0.25, 0.3) is 0 Å². The predicted octanol–water partition coefficient (Wildman–Crippen LogP) is 0.962. The predicted molar refractivity (Wildman–Crippen MR) is 97.8 cm³/mol. The number of nitro groups is 1. The van der Waals surface area contributed by atoms with Crippen molar-refractivity contribution >= 4 is 23.4 Å². The molecular weight excluding hydrogens is 399 g/mol. The summed E-state index contributed by atoms with van der Waals surface area (Å²) in [6.45, 7) is -0.162. The summed E-state index contributed by atoms with van der Waals surface area (Å²) in [5.41, 5.74) is 5.49. The maximum atomic E-state index is 13.4. The van der Waals surface area contributed by atoms with Crippen LogP contribution in [0.2, 0.25) is 0 Å². The number of hydrogen-bond donors (Lipinski definition) is 2. The average molecular weight is 414 g/mol. The van der Waals surface area contributed by atoms with Gasteiger partial charge in [-0.3, -0.25) is 34.7 Å². The zero-order valence-corrected chi connectivity index (χ0v) is 15.3. The first kappa shape index (κ1) is 19.6. The Labute approximate surface area is 168 Å². The van der Waals surface area contributed by atoms with Gasteiger partial charge in [-0.2, -0.15) is 5.06 Å². The minimum absolute atomic E-state index is 0.0331. The van der Waals surface area contributed by atoms with E-state index in [0.29, 0.717) is 5.56 Å². The Kier molecular flexibility index (Phi) is 4.76. The number of hydroxylamine groups is 2. The van der Waals surface area contributed by atoms with Crippen LogP contribution >= 0.6 is 0 Å². The SMILES string of the molecule is NC(=O)c1ccc(CN2OC3C(=O)NC(=O)C3C2c2ccc(F)cc2)c([N+](=O)[O-])c1. The third kappa shape index (κ3) is 3.29. The molecule has 3 unspecified atom stereocenters. The number of rotatable bonds is 5. The van der Waals surface area contributed by atoms with Crippen LogP contribution in [-0.2, 0) is 21.0 Å². The zero-order valence-electron chi connectivity index (χ0n) is 15.3. The molecule has 3 atom stereocenters. The van der Waals surface area contributed by atoms with Gasteiger partial charge in [0, 0.05) is 17.2 Å². The number of nitrogens with one attached hydrogen (secondary N) is 1. The quantitative estimate of drug-likeness (QED) is 0.421. The van der Waals surface area contributed by atoms with Gasteiger partial charge in [0.1, 0.15) is 5.82 Å². The Bertz CT molecular complexity index is 1070. The summed E-state index contributed by atoms with van der Waals surface area (Å²) in [6, 6.07) is 8.31. The van der Waals surface area contributed by atoms with Crippen LogP contribution in [0, 0.1) is 21.8 Å². The molecule has 0 bridgehead atoms. The number of amides is 3. The number of halogens is 1. The summed E-state index contributed by atoms with van der Waals surface area (Å²) in [4.78, 5) is 52.3. The number of hydrogen-bond acceptors (Lipinski definition) is 7. The molecule has 0 radical (unpaired) electrons. The Morgan fingerprint density at radius 3 is 2.53 bits per heavy atom. The summed E-state index contributed by atoms with van der Waals surface area (Å²) in [6.07, 6.45) is -1.10. The average Bonchev–Trinajstić information content (AvgIpc) is 3.20. The van der Waals surface area contributed by atoms with E-state index in [1.807, 2.05) is 0 Å². The highest BCUT2D eigenvalue weighted by molar-refractivity contribution is 6.07. The van der Waals surface area contributed by atoms with Gasteiger partial charge in [-0.15, -0.1) is 0 Å². The molecule has 2 aromatic rings. The van der Waals surface area contributed by atoms with E-state index in [2.05, 4.69) is 5.32 Å². The molecule has 4 rings (SSSR count). The molecule has 2 aromatic carbocycles. The van der Waals surface area contributed by atoms with Gasteiger partial charge in [-0.25, -0.2) is 4.39 Å². The first-order valence-electron chi connectivity index (χ1n) is 8.87. The van der Waals surface area contributed by atoms with Crippen LogP contribution in [0.5, 0.6) is 0 Å². The van der Waals surface area contributed by atoms with Gasteiger partial charge in [-0.05, 0) is 29.8 Å². The molecule has 0 spiro atoms. The molecule has 0 aliphatic carbocycles. The summed E-state index contributed by atoms with van der Waals surface area (Å²) in [7, 11) is 0. The van der Waals surface area contributed by atoms with Crippen molar-refractivity contribution in [3.63, 3.8) is 0 Å². The van der Waals surface area contributed by atoms with Crippen molar-refractivity contribution in [2.45, 2.75) is 18.7 Å². The number of fused-ring (bicyclic) bond motifs is 1. The van der Waals surface area contributed by atoms with Gasteiger partial charge in [0.15, 0.2) is 6.10 Å². The number of nitrogens with zero attached hydrogens (tertiary/aromatic N) is 2. The van der Waals surface area contributed by atoms with Crippen molar-refractivity contribution < 1.29 is 28.5 Å². The van der Waals surface area contributed by atoms with Crippen molar-refractivity contribution in [1.29, 1.82) is 0 Å². The molecule has 3 N–H and O–H groups in total. The molecule has 2 aliphatic rings. The second kappa shape index (κ2) is 7.28. The van der Waals surface area contributed by atoms with E-state index >= 15 is 0 Å². The number of nitro benzene ring substituents is 1. The molecule has 11 heteroatoms. The maximum Gasteiger partial charge on any atom is 0.274 e. The van der Waals surface area contributed by atoms with E-state index in [-0.39, 0.29) is 23.4 Å². The van der Waals surface area contributed by atoms with Gasteiger partial charge in [0.05, 0.1) is 23.4 Å². The van der Waals surface area contributed by atoms with E-state index in [1.54, 1.807) is 0 Å². The lowest BCUT2D eigenvalue weighted by Crippen LogP contribution is -2.33. The summed E-state index contributed by atoms with van der Waals surface area (Å²) in [5, 5.41) is 15.0. The third-order valence-electron chi connectivity index (χ3n) is 5.14. The Morgan fingerprint density at radius 2 is 1.90 bits per heavy atom. The van der Waals surface area contributed by atoms with Gasteiger partial charge in [-0.1, -0.05) is 12.1 Å². The lowest BCUT2D eigenvalue weighted by atomic mass is 9.90.